The maximum Gasteiger partial charge on any atom is 0.319 e. The minimum absolute atomic E-state index is 0.134. The lowest BCUT2D eigenvalue weighted by molar-refractivity contribution is 0.0956. The van der Waals surface area contributed by atoms with Crippen LogP contribution in [0.1, 0.15) is 42.1 Å². The summed E-state index contributed by atoms with van der Waals surface area (Å²) in [5, 5.41) is 8.51. The van der Waals surface area contributed by atoms with Gasteiger partial charge in [0, 0.05) is 24.3 Å². The number of amides is 3. The van der Waals surface area contributed by atoms with Crippen LogP contribution in [0.2, 0.25) is 0 Å². The summed E-state index contributed by atoms with van der Waals surface area (Å²) in [6.45, 7) is 5.03. The normalized spacial score (nSPS) is 16.7. The first-order chi connectivity index (χ1) is 11.1. The molecule has 3 amide bonds. The Morgan fingerprint density at radius 3 is 2.74 bits per heavy atom. The van der Waals surface area contributed by atoms with Crippen LogP contribution in [0.25, 0.3) is 0 Å². The fourth-order valence-electron chi connectivity index (χ4n) is 2.61. The van der Waals surface area contributed by atoms with Gasteiger partial charge in [0.25, 0.3) is 5.91 Å². The molecule has 5 heteroatoms. The van der Waals surface area contributed by atoms with Gasteiger partial charge in [-0.15, -0.1) is 0 Å². The first kappa shape index (κ1) is 17.1. The van der Waals surface area contributed by atoms with Crippen molar-refractivity contribution in [1.29, 1.82) is 0 Å². The van der Waals surface area contributed by atoms with Gasteiger partial charge in [-0.25, -0.2) is 4.79 Å². The van der Waals surface area contributed by atoms with Crippen molar-refractivity contribution in [3.8, 4) is 0 Å². The van der Waals surface area contributed by atoms with E-state index in [2.05, 4.69) is 28.1 Å². The van der Waals surface area contributed by atoms with E-state index in [-0.39, 0.29) is 11.9 Å². The van der Waals surface area contributed by atoms with Crippen LogP contribution in [0.15, 0.2) is 30.4 Å². The first-order valence-corrected chi connectivity index (χ1v) is 8.19. The van der Waals surface area contributed by atoms with Gasteiger partial charge in [0.1, 0.15) is 0 Å². The van der Waals surface area contributed by atoms with E-state index >= 15 is 0 Å². The van der Waals surface area contributed by atoms with Gasteiger partial charge in [0.05, 0.1) is 0 Å². The van der Waals surface area contributed by atoms with Crippen molar-refractivity contribution >= 4 is 17.6 Å². The van der Waals surface area contributed by atoms with E-state index in [1.807, 2.05) is 19.9 Å². The van der Waals surface area contributed by atoms with Gasteiger partial charge >= 0.3 is 6.03 Å². The third-order valence-electron chi connectivity index (χ3n) is 4.01. The lowest BCUT2D eigenvalue weighted by atomic mass is 9.94. The van der Waals surface area contributed by atoms with E-state index in [1.54, 1.807) is 12.1 Å². The van der Waals surface area contributed by atoms with Crippen molar-refractivity contribution < 1.29 is 9.59 Å². The number of benzene rings is 1. The maximum absolute atomic E-state index is 12.1. The topological polar surface area (TPSA) is 70.2 Å². The van der Waals surface area contributed by atoms with Gasteiger partial charge in [-0.3, -0.25) is 4.79 Å². The highest BCUT2D eigenvalue weighted by Gasteiger charge is 2.13. The average Bonchev–Trinajstić information content (AvgIpc) is 2.56. The molecular weight excluding hydrogens is 290 g/mol. The van der Waals surface area contributed by atoms with Gasteiger partial charge < -0.3 is 16.0 Å². The van der Waals surface area contributed by atoms with Gasteiger partial charge in [0.15, 0.2) is 0 Å². The number of anilines is 1. The van der Waals surface area contributed by atoms with Crippen LogP contribution >= 0.6 is 0 Å². The Kier molecular flexibility index (Phi) is 6.20. The molecule has 1 atom stereocenters. The zero-order valence-corrected chi connectivity index (χ0v) is 13.8. The Labute approximate surface area is 137 Å². The monoisotopic (exact) mass is 315 g/mol. The number of carbonyl (C=O) groups excluding carboxylic acids is 2. The predicted octanol–water partition coefficient (Wildman–Crippen LogP) is 3.22. The molecule has 0 aliphatic heterocycles. The van der Waals surface area contributed by atoms with E-state index in [9.17, 15) is 9.59 Å². The van der Waals surface area contributed by atoms with Crippen molar-refractivity contribution in [2.45, 2.75) is 33.1 Å². The second-order valence-electron chi connectivity index (χ2n) is 5.87. The summed E-state index contributed by atoms with van der Waals surface area (Å²) in [5.74, 6) is 0.374. The largest absolute Gasteiger partial charge is 0.352 e. The van der Waals surface area contributed by atoms with Crippen LogP contribution < -0.4 is 16.0 Å². The molecule has 1 aromatic rings. The molecule has 0 aromatic heterocycles. The van der Waals surface area contributed by atoms with Gasteiger partial charge in [-0.05, 0) is 56.7 Å². The number of hydrogen-bond donors (Lipinski definition) is 3. The van der Waals surface area contributed by atoms with Crippen LogP contribution in [0.3, 0.4) is 0 Å². The molecule has 124 valence electrons. The van der Waals surface area contributed by atoms with Crippen LogP contribution in [0, 0.1) is 12.8 Å². The van der Waals surface area contributed by atoms with Gasteiger partial charge in [0.2, 0.25) is 0 Å². The molecule has 5 nitrogen and oxygen atoms in total. The fraction of sp³-hybridized carbons (Fsp3) is 0.444. The molecule has 0 fully saturated rings. The van der Waals surface area contributed by atoms with E-state index in [0.717, 1.165) is 24.8 Å². The van der Waals surface area contributed by atoms with Gasteiger partial charge in [-0.2, -0.15) is 0 Å². The van der Waals surface area contributed by atoms with E-state index in [4.69, 9.17) is 0 Å². The lowest BCUT2D eigenvalue weighted by Gasteiger charge is -2.18. The molecule has 23 heavy (non-hydrogen) atoms. The Balaban J connectivity index is 1.92. The Morgan fingerprint density at radius 1 is 1.22 bits per heavy atom. The third kappa shape index (κ3) is 5.13. The molecule has 0 saturated carbocycles. The second-order valence-corrected chi connectivity index (χ2v) is 5.87. The summed E-state index contributed by atoms with van der Waals surface area (Å²) in [4.78, 5) is 24.0. The van der Waals surface area contributed by atoms with Crippen molar-refractivity contribution in [3.63, 3.8) is 0 Å². The molecule has 1 unspecified atom stereocenters. The Hall–Kier alpha value is -2.30. The lowest BCUT2D eigenvalue weighted by Crippen LogP contribution is -2.33. The van der Waals surface area contributed by atoms with Crippen LogP contribution in [-0.4, -0.2) is 25.0 Å². The molecule has 0 radical (unpaired) electrons. The first-order valence-electron chi connectivity index (χ1n) is 8.19. The summed E-state index contributed by atoms with van der Waals surface area (Å²) < 4.78 is 0. The summed E-state index contributed by atoms with van der Waals surface area (Å²) >= 11 is 0. The van der Waals surface area contributed by atoms with E-state index in [1.165, 1.54) is 0 Å². The number of rotatable bonds is 5. The van der Waals surface area contributed by atoms with Crippen molar-refractivity contribution in [3.05, 3.63) is 41.5 Å². The van der Waals surface area contributed by atoms with Crippen molar-refractivity contribution in [2.75, 3.05) is 18.4 Å². The number of nitrogens with one attached hydrogen (secondary N) is 3. The standard InChI is InChI=1S/C18H25N3O2/c1-3-19-17(22)15-10-9-13(2)16(11-15)21-18(23)20-12-14-7-5-4-6-8-14/h4-5,9-11,14H,3,6-8,12H2,1-2H3,(H,19,22)(H2,20,21,23). The Bertz CT molecular complexity index is 596. The number of hydrogen-bond acceptors (Lipinski definition) is 2. The highest BCUT2D eigenvalue weighted by molar-refractivity contribution is 5.97. The third-order valence-corrected chi connectivity index (χ3v) is 4.01. The fourth-order valence-corrected chi connectivity index (χ4v) is 2.61. The molecule has 3 N–H and O–H groups in total. The molecule has 2 rings (SSSR count). The molecule has 0 spiro atoms. The zero-order chi connectivity index (χ0) is 16.7. The quantitative estimate of drug-likeness (QED) is 0.730. The molecule has 0 heterocycles. The number of aryl methyl sites for hydroxylation is 1. The molecule has 1 aliphatic rings. The summed E-state index contributed by atoms with van der Waals surface area (Å²) in [7, 11) is 0. The number of urea groups is 1. The van der Waals surface area contributed by atoms with Crippen LogP contribution in [-0.2, 0) is 0 Å². The van der Waals surface area contributed by atoms with Gasteiger partial charge in [-0.1, -0.05) is 18.2 Å². The van der Waals surface area contributed by atoms with E-state index in [0.29, 0.717) is 30.3 Å². The Morgan fingerprint density at radius 2 is 2.04 bits per heavy atom. The van der Waals surface area contributed by atoms with E-state index < -0.39 is 0 Å². The SMILES string of the molecule is CCNC(=O)c1ccc(C)c(NC(=O)NCC2CC=CCC2)c1. The molecule has 0 saturated heterocycles. The number of allylic oxidation sites excluding steroid dienone is 2. The summed E-state index contributed by atoms with van der Waals surface area (Å²) in [6.07, 6.45) is 7.58. The average molecular weight is 315 g/mol. The number of carbonyl (C=O) groups is 2. The minimum Gasteiger partial charge on any atom is -0.352 e. The van der Waals surface area contributed by atoms with Crippen LogP contribution in [0.5, 0.6) is 0 Å². The highest BCUT2D eigenvalue weighted by atomic mass is 16.2. The van der Waals surface area contributed by atoms with Crippen LogP contribution in [0.4, 0.5) is 10.5 Å². The molecule has 1 aliphatic carbocycles. The summed E-state index contributed by atoms with van der Waals surface area (Å²) in [5.41, 5.74) is 2.13. The second kappa shape index (κ2) is 8.36. The summed E-state index contributed by atoms with van der Waals surface area (Å²) in [6, 6.07) is 5.09. The predicted molar refractivity (Wildman–Crippen MR) is 92.7 cm³/mol. The minimum atomic E-state index is -0.226. The molecular formula is C18H25N3O2. The smallest absolute Gasteiger partial charge is 0.319 e. The zero-order valence-electron chi connectivity index (χ0n) is 13.8. The molecule has 1 aromatic carbocycles. The molecule has 0 bridgehead atoms. The highest BCUT2D eigenvalue weighted by Crippen LogP contribution is 2.18. The van der Waals surface area contributed by atoms with Crippen molar-refractivity contribution in [2.24, 2.45) is 5.92 Å². The van der Waals surface area contributed by atoms with Crippen molar-refractivity contribution in [1.82, 2.24) is 10.6 Å². The maximum atomic E-state index is 12.1.